The highest BCUT2D eigenvalue weighted by Gasteiger charge is 2.35. The molecule has 1 atom stereocenters. The Balaban J connectivity index is 1.84. The van der Waals surface area contributed by atoms with Crippen LogP contribution in [0.25, 0.3) is 0 Å². The van der Waals surface area contributed by atoms with Gasteiger partial charge in [0.2, 0.25) is 0 Å². The Hall–Kier alpha value is -2.17. The van der Waals surface area contributed by atoms with Crippen LogP contribution in [0.1, 0.15) is 46.4 Å². The van der Waals surface area contributed by atoms with Crippen LogP contribution in [0.3, 0.4) is 0 Å². The first-order valence-electron chi connectivity index (χ1n) is 6.79. The lowest BCUT2D eigenvalue weighted by Gasteiger charge is -2.19. The number of oxazole rings is 1. The standard InChI is InChI=1S/C15H17N3O2/c1-9-4-3-7-16-12(9)14(11-5-6-11)18-15(19)13-10(2)20-8-17-13/h3-4,7-8,11,14H,5-6H2,1-2H3,(H,18,19). The summed E-state index contributed by atoms with van der Waals surface area (Å²) in [6.07, 6.45) is 5.31. The Labute approximate surface area is 117 Å². The molecular formula is C15H17N3O2. The molecule has 0 radical (unpaired) electrons. The van der Waals surface area contributed by atoms with Crippen molar-refractivity contribution in [1.29, 1.82) is 0 Å². The number of nitrogens with one attached hydrogen (secondary N) is 1. The van der Waals surface area contributed by atoms with Crippen molar-refractivity contribution in [2.24, 2.45) is 5.92 Å². The molecule has 2 heterocycles. The fraction of sp³-hybridized carbons (Fsp3) is 0.400. The van der Waals surface area contributed by atoms with E-state index in [4.69, 9.17) is 4.42 Å². The van der Waals surface area contributed by atoms with E-state index in [0.717, 1.165) is 24.1 Å². The van der Waals surface area contributed by atoms with Crippen molar-refractivity contribution in [2.45, 2.75) is 32.7 Å². The molecule has 1 unspecified atom stereocenters. The number of amides is 1. The summed E-state index contributed by atoms with van der Waals surface area (Å²) in [7, 11) is 0. The zero-order chi connectivity index (χ0) is 14.1. The third-order valence-electron chi connectivity index (χ3n) is 3.68. The SMILES string of the molecule is Cc1cccnc1C(NC(=O)c1ncoc1C)C1CC1. The van der Waals surface area contributed by atoms with E-state index in [-0.39, 0.29) is 11.9 Å². The van der Waals surface area contributed by atoms with Gasteiger partial charge in [0.25, 0.3) is 5.91 Å². The molecule has 0 aromatic carbocycles. The summed E-state index contributed by atoms with van der Waals surface area (Å²) < 4.78 is 5.09. The average molecular weight is 271 g/mol. The Morgan fingerprint density at radius 3 is 2.80 bits per heavy atom. The van der Waals surface area contributed by atoms with Gasteiger partial charge in [-0.25, -0.2) is 4.98 Å². The van der Waals surface area contributed by atoms with Gasteiger partial charge in [-0.3, -0.25) is 9.78 Å². The van der Waals surface area contributed by atoms with Gasteiger partial charge in [0.1, 0.15) is 5.76 Å². The monoisotopic (exact) mass is 271 g/mol. The summed E-state index contributed by atoms with van der Waals surface area (Å²) in [6.45, 7) is 3.76. The van der Waals surface area contributed by atoms with Gasteiger partial charge >= 0.3 is 0 Å². The summed E-state index contributed by atoms with van der Waals surface area (Å²) >= 11 is 0. The van der Waals surface area contributed by atoms with Crippen molar-refractivity contribution < 1.29 is 9.21 Å². The second kappa shape index (κ2) is 5.07. The molecular weight excluding hydrogens is 254 g/mol. The molecule has 1 fully saturated rings. The van der Waals surface area contributed by atoms with Crippen LogP contribution in [0.2, 0.25) is 0 Å². The van der Waals surface area contributed by atoms with Gasteiger partial charge in [-0.2, -0.15) is 0 Å². The number of hydrogen-bond acceptors (Lipinski definition) is 4. The third-order valence-corrected chi connectivity index (χ3v) is 3.68. The smallest absolute Gasteiger partial charge is 0.274 e. The van der Waals surface area contributed by atoms with Gasteiger partial charge in [-0.05, 0) is 44.2 Å². The molecule has 0 bridgehead atoms. The topological polar surface area (TPSA) is 68.0 Å². The van der Waals surface area contributed by atoms with Gasteiger partial charge in [-0.15, -0.1) is 0 Å². The first kappa shape index (κ1) is 12.8. The van der Waals surface area contributed by atoms with Gasteiger partial charge < -0.3 is 9.73 Å². The van der Waals surface area contributed by atoms with E-state index < -0.39 is 0 Å². The fourth-order valence-electron chi connectivity index (χ4n) is 2.40. The van der Waals surface area contributed by atoms with Gasteiger partial charge in [0, 0.05) is 6.20 Å². The highest BCUT2D eigenvalue weighted by molar-refractivity contribution is 5.93. The Bertz CT molecular complexity index is 632. The van der Waals surface area contributed by atoms with E-state index in [0.29, 0.717) is 17.4 Å². The Kier molecular flexibility index (Phi) is 3.26. The molecule has 1 aliphatic carbocycles. The molecule has 20 heavy (non-hydrogen) atoms. The van der Waals surface area contributed by atoms with Crippen molar-refractivity contribution in [1.82, 2.24) is 15.3 Å². The van der Waals surface area contributed by atoms with Crippen LogP contribution in [0.4, 0.5) is 0 Å². The van der Waals surface area contributed by atoms with Gasteiger partial charge in [0.05, 0.1) is 11.7 Å². The van der Waals surface area contributed by atoms with Gasteiger partial charge in [-0.1, -0.05) is 6.07 Å². The van der Waals surface area contributed by atoms with Crippen molar-refractivity contribution in [3.05, 3.63) is 47.4 Å². The second-order valence-electron chi connectivity index (χ2n) is 5.25. The molecule has 1 aliphatic rings. The second-order valence-corrected chi connectivity index (χ2v) is 5.25. The van der Waals surface area contributed by atoms with E-state index in [1.54, 1.807) is 13.1 Å². The maximum atomic E-state index is 12.3. The van der Waals surface area contributed by atoms with Crippen LogP contribution in [-0.4, -0.2) is 15.9 Å². The molecule has 0 spiro atoms. The predicted octanol–water partition coefficient (Wildman–Crippen LogP) is 2.57. The molecule has 104 valence electrons. The molecule has 1 N–H and O–H groups in total. The average Bonchev–Trinajstić information content (AvgIpc) is 3.18. The van der Waals surface area contributed by atoms with Crippen molar-refractivity contribution in [2.75, 3.05) is 0 Å². The zero-order valence-corrected chi connectivity index (χ0v) is 11.6. The van der Waals surface area contributed by atoms with Crippen LogP contribution in [-0.2, 0) is 0 Å². The number of aromatic nitrogens is 2. The molecule has 0 aliphatic heterocycles. The molecule has 1 amide bonds. The van der Waals surface area contributed by atoms with E-state index in [9.17, 15) is 4.79 Å². The first-order valence-corrected chi connectivity index (χ1v) is 6.79. The number of nitrogens with zero attached hydrogens (tertiary/aromatic N) is 2. The van der Waals surface area contributed by atoms with Crippen LogP contribution < -0.4 is 5.32 Å². The summed E-state index contributed by atoms with van der Waals surface area (Å²) in [5, 5.41) is 3.06. The predicted molar refractivity (Wildman–Crippen MR) is 73.1 cm³/mol. The molecule has 5 heteroatoms. The van der Waals surface area contributed by atoms with E-state index >= 15 is 0 Å². The summed E-state index contributed by atoms with van der Waals surface area (Å²) in [5.41, 5.74) is 2.40. The summed E-state index contributed by atoms with van der Waals surface area (Å²) in [4.78, 5) is 20.7. The van der Waals surface area contributed by atoms with Crippen molar-refractivity contribution >= 4 is 5.91 Å². The summed E-state index contributed by atoms with van der Waals surface area (Å²) in [6, 6.07) is 3.89. The number of pyridine rings is 1. The number of rotatable bonds is 4. The number of aryl methyl sites for hydroxylation is 2. The zero-order valence-electron chi connectivity index (χ0n) is 11.6. The van der Waals surface area contributed by atoms with Gasteiger partial charge in [0.15, 0.2) is 12.1 Å². The minimum absolute atomic E-state index is 0.0419. The van der Waals surface area contributed by atoms with E-state index in [2.05, 4.69) is 15.3 Å². The lowest BCUT2D eigenvalue weighted by atomic mass is 10.0. The normalized spacial score (nSPS) is 15.9. The van der Waals surface area contributed by atoms with Crippen LogP contribution in [0, 0.1) is 19.8 Å². The fourth-order valence-corrected chi connectivity index (χ4v) is 2.40. The van der Waals surface area contributed by atoms with E-state index in [1.165, 1.54) is 6.39 Å². The first-order chi connectivity index (χ1) is 9.66. The highest BCUT2D eigenvalue weighted by Crippen LogP contribution is 2.41. The Morgan fingerprint density at radius 1 is 1.40 bits per heavy atom. The maximum absolute atomic E-state index is 12.3. The third kappa shape index (κ3) is 2.43. The Morgan fingerprint density at radius 2 is 2.20 bits per heavy atom. The quantitative estimate of drug-likeness (QED) is 0.928. The lowest BCUT2D eigenvalue weighted by Crippen LogP contribution is -2.31. The maximum Gasteiger partial charge on any atom is 0.274 e. The highest BCUT2D eigenvalue weighted by atomic mass is 16.3. The minimum atomic E-state index is -0.196. The van der Waals surface area contributed by atoms with Crippen molar-refractivity contribution in [3.63, 3.8) is 0 Å². The summed E-state index contributed by atoms with van der Waals surface area (Å²) in [5.74, 6) is 0.813. The largest absolute Gasteiger partial charge is 0.448 e. The minimum Gasteiger partial charge on any atom is -0.448 e. The van der Waals surface area contributed by atoms with Crippen molar-refractivity contribution in [3.8, 4) is 0 Å². The lowest BCUT2D eigenvalue weighted by molar-refractivity contribution is 0.0924. The molecule has 3 rings (SSSR count). The van der Waals surface area contributed by atoms with Crippen LogP contribution in [0.5, 0.6) is 0 Å². The van der Waals surface area contributed by atoms with Crippen LogP contribution >= 0.6 is 0 Å². The number of carbonyl (C=O) groups excluding carboxylic acids is 1. The molecule has 2 aromatic heterocycles. The molecule has 0 saturated heterocycles. The van der Waals surface area contributed by atoms with Crippen LogP contribution in [0.15, 0.2) is 29.1 Å². The molecule has 2 aromatic rings. The molecule has 1 saturated carbocycles. The number of hydrogen-bond donors (Lipinski definition) is 1. The van der Waals surface area contributed by atoms with E-state index in [1.807, 2.05) is 19.1 Å². The molecule has 5 nitrogen and oxygen atoms in total. The number of carbonyl (C=O) groups is 1.